The lowest BCUT2D eigenvalue weighted by molar-refractivity contribution is 0.0708. The largest absolute Gasteiger partial charge is 0.360 e. The molecule has 0 aliphatic heterocycles. The molecule has 3 aromatic carbocycles. The minimum atomic E-state index is -0.566. The first kappa shape index (κ1) is 16.4. The highest BCUT2D eigenvalue weighted by Crippen LogP contribution is 2.34. The molecule has 1 amide bonds. The maximum Gasteiger partial charge on any atom is 0.276 e. The Hall–Kier alpha value is -3.08. The molecule has 0 bridgehead atoms. The Morgan fingerprint density at radius 2 is 1.58 bits per heavy atom. The predicted molar refractivity (Wildman–Crippen MR) is 103 cm³/mol. The number of carbonyl (C=O) groups is 1. The SMILES string of the molecule is O=C(NO)c1c[nH]c2cc(Cl)c(-c3ccc(-c4ccccc4)cc3)cc12. The van der Waals surface area contributed by atoms with Gasteiger partial charge in [0.2, 0.25) is 0 Å². The summed E-state index contributed by atoms with van der Waals surface area (Å²) in [7, 11) is 0. The van der Waals surface area contributed by atoms with E-state index < -0.39 is 5.91 Å². The summed E-state index contributed by atoms with van der Waals surface area (Å²) in [6.07, 6.45) is 1.55. The number of hydroxylamine groups is 1. The van der Waals surface area contributed by atoms with Crippen molar-refractivity contribution in [1.29, 1.82) is 0 Å². The number of aromatic amines is 1. The van der Waals surface area contributed by atoms with Gasteiger partial charge in [-0.25, -0.2) is 5.48 Å². The molecule has 4 nitrogen and oxygen atoms in total. The van der Waals surface area contributed by atoms with Gasteiger partial charge in [-0.15, -0.1) is 0 Å². The van der Waals surface area contributed by atoms with Gasteiger partial charge < -0.3 is 4.98 Å². The van der Waals surface area contributed by atoms with Gasteiger partial charge in [-0.1, -0.05) is 66.2 Å². The van der Waals surface area contributed by atoms with Crippen molar-refractivity contribution in [3.05, 3.63) is 83.5 Å². The molecule has 4 rings (SSSR count). The number of rotatable bonds is 3. The van der Waals surface area contributed by atoms with Gasteiger partial charge in [-0.2, -0.15) is 0 Å². The highest BCUT2D eigenvalue weighted by molar-refractivity contribution is 6.34. The summed E-state index contributed by atoms with van der Waals surface area (Å²) >= 11 is 6.45. The molecule has 0 fully saturated rings. The molecule has 0 radical (unpaired) electrons. The minimum absolute atomic E-state index is 0.362. The van der Waals surface area contributed by atoms with Crippen LogP contribution in [-0.2, 0) is 0 Å². The summed E-state index contributed by atoms with van der Waals surface area (Å²) in [6, 6.07) is 21.9. The van der Waals surface area contributed by atoms with Crippen LogP contribution in [0.2, 0.25) is 5.02 Å². The number of aromatic nitrogens is 1. The molecule has 0 saturated heterocycles. The summed E-state index contributed by atoms with van der Waals surface area (Å²) in [4.78, 5) is 14.8. The number of hydrogen-bond donors (Lipinski definition) is 3. The molecule has 0 saturated carbocycles. The first-order chi connectivity index (χ1) is 12.7. The fourth-order valence-electron chi connectivity index (χ4n) is 3.09. The van der Waals surface area contributed by atoms with Crippen LogP contribution < -0.4 is 5.48 Å². The number of benzene rings is 3. The topological polar surface area (TPSA) is 65.1 Å². The van der Waals surface area contributed by atoms with Crippen molar-refractivity contribution >= 4 is 28.4 Å². The molecule has 0 atom stereocenters. The van der Waals surface area contributed by atoms with E-state index in [1.807, 2.05) is 48.5 Å². The van der Waals surface area contributed by atoms with E-state index >= 15 is 0 Å². The van der Waals surface area contributed by atoms with Crippen molar-refractivity contribution in [1.82, 2.24) is 10.5 Å². The summed E-state index contributed by atoms with van der Waals surface area (Å²) < 4.78 is 0. The average Bonchev–Trinajstić information content (AvgIpc) is 3.10. The lowest BCUT2D eigenvalue weighted by atomic mass is 9.99. The Balaban J connectivity index is 1.78. The van der Waals surface area contributed by atoms with Crippen molar-refractivity contribution < 1.29 is 10.0 Å². The molecule has 0 aliphatic rings. The van der Waals surface area contributed by atoms with Crippen LogP contribution in [0.4, 0.5) is 0 Å². The summed E-state index contributed by atoms with van der Waals surface area (Å²) in [5.74, 6) is -0.566. The standard InChI is InChI=1S/C21H15ClN2O2/c22-19-11-20-17(18(12-23-20)21(25)24-26)10-16(19)15-8-6-14(7-9-15)13-4-2-1-3-5-13/h1-12,23,26H,(H,24,25). The number of halogens is 1. The van der Waals surface area contributed by atoms with E-state index in [-0.39, 0.29) is 0 Å². The van der Waals surface area contributed by atoms with Crippen LogP contribution in [0.3, 0.4) is 0 Å². The Labute approximate surface area is 155 Å². The number of fused-ring (bicyclic) bond motifs is 1. The fourth-order valence-corrected chi connectivity index (χ4v) is 3.36. The second-order valence-electron chi connectivity index (χ2n) is 5.96. The van der Waals surface area contributed by atoms with Crippen LogP contribution in [0.15, 0.2) is 72.9 Å². The van der Waals surface area contributed by atoms with Crippen molar-refractivity contribution in [2.75, 3.05) is 0 Å². The zero-order valence-corrected chi connectivity index (χ0v) is 14.4. The Morgan fingerprint density at radius 1 is 0.923 bits per heavy atom. The normalized spacial score (nSPS) is 10.8. The number of amides is 1. The Kier molecular flexibility index (Phi) is 4.21. The molecule has 5 heteroatoms. The van der Waals surface area contributed by atoms with E-state index in [9.17, 15) is 4.79 Å². The Morgan fingerprint density at radius 3 is 2.27 bits per heavy atom. The molecule has 0 spiro atoms. The lowest BCUT2D eigenvalue weighted by Crippen LogP contribution is -2.17. The quantitative estimate of drug-likeness (QED) is 0.343. The van der Waals surface area contributed by atoms with Gasteiger partial charge in [0.05, 0.1) is 10.6 Å². The monoisotopic (exact) mass is 362 g/mol. The van der Waals surface area contributed by atoms with E-state index in [0.717, 1.165) is 27.8 Å². The zero-order valence-electron chi connectivity index (χ0n) is 13.7. The molecule has 3 N–H and O–H groups in total. The van der Waals surface area contributed by atoms with Crippen LogP contribution in [0.25, 0.3) is 33.2 Å². The first-order valence-electron chi connectivity index (χ1n) is 8.08. The zero-order chi connectivity index (χ0) is 18.1. The highest BCUT2D eigenvalue weighted by Gasteiger charge is 2.14. The van der Waals surface area contributed by atoms with Gasteiger partial charge in [0.15, 0.2) is 0 Å². The van der Waals surface area contributed by atoms with Gasteiger partial charge in [0.1, 0.15) is 0 Å². The van der Waals surface area contributed by atoms with E-state index in [4.69, 9.17) is 16.8 Å². The van der Waals surface area contributed by atoms with E-state index in [1.54, 1.807) is 17.7 Å². The van der Waals surface area contributed by atoms with Crippen molar-refractivity contribution in [3.63, 3.8) is 0 Å². The third-order valence-corrected chi connectivity index (χ3v) is 4.73. The first-order valence-corrected chi connectivity index (χ1v) is 8.46. The molecule has 1 heterocycles. The third kappa shape index (κ3) is 2.86. The van der Waals surface area contributed by atoms with Crippen LogP contribution in [0, 0.1) is 0 Å². The van der Waals surface area contributed by atoms with Crippen LogP contribution >= 0.6 is 11.6 Å². The fraction of sp³-hybridized carbons (Fsp3) is 0. The van der Waals surface area contributed by atoms with Gasteiger partial charge >= 0.3 is 0 Å². The molecule has 0 aliphatic carbocycles. The van der Waals surface area contributed by atoms with Crippen LogP contribution in [0.1, 0.15) is 10.4 Å². The molecule has 4 aromatic rings. The summed E-state index contributed by atoms with van der Waals surface area (Å²) in [5, 5.41) is 10.2. The van der Waals surface area contributed by atoms with Gasteiger partial charge in [0, 0.05) is 22.7 Å². The smallest absolute Gasteiger partial charge is 0.276 e. The summed E-state index contributed by atoms with van der Waals surface area (Å²) in [6.45, 7) is 0. The minimum Gasteiger partial charge on any atom is -0.360 e. The molecule has 1 aromatic heterocycles. The third-order valence-electron chi connectivity index (χ3n) is 4.42. The molecule has 26 heavy (non-hydrogen) atoms. The van der Waals surface area contributed by atoms with Crippen molar-refractivity contribution in [3.8, 4) is 22.3 Å². The van der Waals surface area contributed by atoms with Gasteiger partial charge in [-0.05, 0) is 28.8 Å². The van der Waals surface area contributed by atoms with E-state index in [2.05, 4.69) is 17.1 Å². The molecule has 128 valence electrons. The molecular formula is C21H15ClN2O2. The van der Waals surface area contributed by atoms with Gasteiger partial charge in [-0.3, -0.25) is 10.0 Å². The number of carbonyl (C=O) groups excluding carboxylic acids is 1. The second-order valence-corrected chi connectivity index (χ2v) is 6.37. The second kappa shape index (κ2) is 6.67. The van der Waals surface area contributed by atoms with Crippen LogP contribution in [0.5, 0.6) is 0 Å². The number of hydrogen-bond acceptors (Lipinski definition) is 2. The van der Waals surface area contributed by atoms with E-state index in [1.165, 1.54) is 0 Å². The predicted octanol–water partition coefficient (Wildman–Crippen LogP) is 5.27. The Bertz CT molecular complexity index is 1090. The maximum atomic E-state index is 11.8. The average molecular weight is 363 g/mol. The summed E-state index contributed by atoms with van der Waals surface area (Å²) in [5.41, 5.74) is 6.81. The molecular weight excluding hydrogens is 348 g/mol. The van der Waals surface area contributed by atoms with Crippen molar-refractivity contribution in [2.24, 2.45) is 0 Å². The number of nitrogens with one attached hydrogen (secondary N) is 2. The highest BCUT2D eigenvalue weighted by atomic mass is 35.5. The number of H-pyrrole nitrogens is 1. The molecule has 0 unspecified atom stereocenters. The lowest BCUT2D eigenvalue weighted by Gasteiger charge is -2.08. The van der Waals surface area contributed by atoms with Crippen LogP contribution in [-0.4, -0.2) is 16.1 Å². The maximum absolute atomic E-state index is 11.8. The van der Waals surface area contributed by atoms with Gasteiger partial charge in [0.25, 0.3) is 5.91 Å². The van der Waals surface area contributed by atoms with Crippen molar-refractivity contribution in [2.45, 2.75) is 0 Å². The van der Waals surface area contributed by atoms with E-state index in [0.29, 0.717) is 16.0 Å².